The number of ether oxygens (including phenoxy) is 2. The molecule has 0 aliphatic heterocycles. The SMILES string of the molecule is COc1ccc(S(=O)(=O)Nc2ccc(S(=O)(=O)Nc3ccccc3)cc2)cc1OC. The Hall–Kier alpha value is -3.24. The summed E-state index contributed by atoms with van der Waals surface area (Å²) in [5.74, 6) is 0.672. The van der Waals surface area contributed by atoms with E-state index in [4.69, 9.17) is 9.47 Å². The lowest BCUT2D eigenvalue weighted by atomic mass is 10.3. The molecule has 10 heteroatoms. The van der Waals surface area contributed by atoms with Gasteiger partial charge in [-0.05, 0) is 48.5 Å². The van der Waals surface area contributed by atoms with Gasteiger partial charge in [0, 0.05) is 17.4 Å². The molecule has 0 amide bonds. The number of rotatable bonds is 8. The molecule has 0 aromatic heterocycles. The first kappa shape index (κ1) is 21.5. The Morgan fingerprint density at radius 1 is 0.600 bits per heavy atom. The Morgan fingerprint density at radius 2 is 1.10 bits per heavy atom. The normalized spacial score (nSPS) is 11.5. The highest BCUT2D eigenvalue weighted by molar-refractivity contribution is 7.93. The summed E-state index contributed by atoms with van der Waals surface area (Å²) in [5, 5.41) is 0. The molecule has 3 aromatic rings. The molecular weight excluding hydrogens is 428 g/mol. The fourth-order valence-electron chi connectivity index (χ4n) is 2.62. The Bertz CT molecular complexity index is 1230. The summed E-state index contributed by atoms with van der Waals surface area (Å²) in [6.07, 6.45) is 0. The van der Waals surface area contributed by atoms with Crippen LogP contribution in [0.5, 0.6) is 11.5 Å². The van der Waals surface area contributed by atoms with Crippen molar-refractivity contribution in [3.05, 3.63) is 72.8 Å². The first-order chi connectivity index (χ1) is 14.2. The number of anilines is 2. The van der Waals surface area contributed by atoms with Crippen molar-refractivity contribution < 1.29 is 26.3 Å². The van der Waals surface area contributed by atoms with Gasteiger partial charge in [-0.3, -0.25) is 9.44 Å². The predicted molar refractivity (Wildman–Crippen MR) is 114 cm³/mol. The van der Waals surface area contributed by atoms with Crippen LogP contribution in [0.4, 0.5) is 11.4 Å². The first-order valence-corrected chi connectivity index (χ1v) is 11.6. The summed E-state index contributed by atoms with van der Waals surface area (Å²) in [6, 6.07) is 18.0. The Morgan fingerprint density at radius 3 is 1.67 bits per heavy atom. The van der Waals surface area contributed by atoms with E-state index in [1.54, 1.807) is 30.3 Å². The number of hydrogen-bond acceptors (Lipinski definition) is 6. The van der Waals surface area contributed by atoms with E-state index >= 15 is 0 Å². The summed E-state index contributed by atoms with van der Waals surface area (Å²) < 4.78 is 65.4. The van der Waals surface area contributed by atoms with Crippen molar-refractivity contribution in [1.29, 1.82) is 0 Å². The van der Waals surface area contributed by atoms with Crippen molar-refractivity contribution in [2.24, 2.45) is 0 Å². The second-order valence-corrected chi connectivity index (χ2v) is 9.48. The molecule has 0 aliphatic carbocycles. The lowest BCUT2D eigenvalue weighted by Crippen LogP contribution is -2.14. The Balaban J connectivity index is 1.79. The topological polar surface area (TPSA) is 111 Å². The van der Waals surface area contributed by atoms with Crippen LogP contribution in [-0.2, 0) is 20.0 Å². The number of nitrogens with one attached hydrogen (secondary N) is 2. The third-order valence-electron chi connectivity index (χ3n) is 4.11. The molecule has 8 nitrogen and oxygen atoms in total. The maximum Gasteiger partial charge on any atom is 0.262 e. The van der Waals surface area contributed by atoms with Gasteiger partial charge in [-0.1, -0.05) is 18.2 Å². The van der Waals surface area contributed by atoms with Crippen molar-refractivity contribution in [1.82, 2.24) is 0 Å². The number of para-hydroxylation sites is 1. The molecule has 0 radical (unpaired) electrons. The van der Waals surface area contributed by atoms with Crippen LogP contribution >= 0.6 is 0 Å². The summed E-state index contributed by atoms with van der Waals surface area (Å²) in [6.45, 7) is 0. The lowest BCUT2D eigenvalue weighted by molar-refractivity contribution is 0.354. The smallest absolute Gasteiger partial charge is 0.262 e. The molecule has 0 saturated carbocycles. The fraction of sp³-hybridized carbons (Fsp3) is 0.100. The van der Waals surface area contributed by atoms with Gasteiger partial charge in [-0.2, -0.15) is 0 Å². The quantitative estimate of drug-likeness (QED) is 0.547. The first-order valence-electron chi connectivity index (χ1n) is 8.68. The van der Waals surface area contributed by atoms with Gasteiger partial charge in [0.2, 0.25) is 0 Å². The molecule has 0 saturated heterocycles. The molecule has 0 unspecified atom stereocenters. The molecule has 2 N–H and O–H groups in total. The number of sulfonamides is 2. The monoisotopic (exact) mass is 448 g/mol. The van der Waals surface area contributed by atoms with Gasteiger partial charge in [0.1, 0.15) is 0 Å². The Labute approximate surface area is 175 Å². The second kappa shape index (κ2) is 8.64. The molecule has 158 valence electrons. The van der Waals surface area contributed by atoms with Crippen LogP contribution in [0.25, 0.3) is 0 Å². The zero-order valence-corrected chi connectivity index (χ0v) is 17.8. The van der Waals surface area contributed by atoms with Crippen LogP contribution in [0, 0.1) is 0 Å². The molecule has 30 heavy (non-hydrogen) atoms. The van der Waals surface area contributed by atoms with Gasteiger partial charge in [0.15, 0.2) is 11.5 Å². The average Bonchev–Trinajstić information content (AvgIpc) is 2.73. The van der Waals surface area contributed by atoms with Gasteiger partial charge < -0.3 is 9.47 Å². The van der Waals surface area contributed by atoms with Crippen LogP contribution in [0.1, 0.15) is 0 Å². The van der Waals surface area contributed by atoms with Crippen molar-refractivity contribution in [3.63, 3.8) is 0 Å². The second-order valence-electron chi connectivity index (χ2n) is 6.12. The highest BCUT2D eigenvalue weighted by atomic mass is 32.2. The van der Waals surface area contributed by atoms with Crippen molar-refractivity contribution in [3.8, 4) is 11.5 Å². The van der Waals surface area contributed by atoms with Crippen molar-refractivity contribution >= 4 is 31.4 Å². The van der Waals surface area contributed by atoms with E-state index in [-0.39, 0.29) is 21.2 Å². The van der Waals surface area contributed by atoms with Crippen LogP contribution in [0.2, 0.25) is 0 Å². The summed E-state index contributed by atoms with van der Waals surface area (Å²) in [4.78, 5) is -0.0250. The van der Waals surface area contributed by atoms with Crippen molar-refractivity contribution in [2.45, 2.75) is 9.79 Å². The highest BCUT2D eigenvalue weighted by Gasteiger charge is 2.18. The molecule has 0 spiro atoms. The van der Waals surface area contributed by atoms with E-state index < -0.39 is 20.0 Å². The Kier molecular flexibility index (Phi) is 6.18. The zero-order valence-electron chi connectivity index (χ0n) is 16.2. The summed E-state index contributed by atoms with van der Waals surface area (Å²) in [7, 11) is -4.86. The molecule has 0 heterocycles. The highest BCUT2D eigenvalue weighted by Crippen LogP contribution is 2.30. The van der Waals surface area contributed by atoms with Gasteiger partial charge in [-0.15, -0.1) is 0 Å². The molecular formula is C20H20N2O6S2. The molecule has 0 bridgehead atoms. The molecule has 0 atom stereocenters. The zero-order chi connectivity index (χ0) is 21.8. The third kappa shape index (κ3) is 4.84. The molecule has 0 aliphatic rings. The van der Waals surface area contributed by atoms with E-state index in [1.807, 2.05) is 0 Å². The van der Waals surface area contributed by atoms with Crippen molar-refractivity contribution in [2.75, 3.05) is 23.7 Å². The van der Waals surface area contributed by atoms with E-state index in [9.17, 15) is 16.8 Å². The van der Waals surface area contributed by atoms with E-state index in [0.717, 1.165) is 0 Å². The number of benzene rings is 3. The standard InChI is InChI=1S/C20H20N2O6S2/c1-27-19-13-12-18(14-20(19)28-2)30(25,26)22-16-8-10-17(11-9-16)29(23,24)21-15-6-4-3-5-7-15/h3-14,21-22H,1-2H3. The molecule has 3 rings (SSSR count). The van der Waals surface area contributed by atoms with Crippen LogP contribution in [0.3, 0.4) is 0 Å². The van der Waals surface area contributed by atoms with E-state index in [0.29, 0.717) is 11.4 Å². The average molecular weight is 449 g/mol. The number of hydrogen-bond donors (Lipinski definition) is 2. The minimum Gasteiger partial charge on any atom is -0.493 e. The van der Waals surface area contributed by atoms with Gasteiger partial charge >= 0.3 is 0 Å². The van der Waals surface area contributed by atoms with Crippen LogP contribution in [-0.4, -0.2) is 31.1 Å². The third-order valence-corrected chi connectivity index (χ3v) is 6.88. The molecule has 3 aromatic carbocycles. The predicted octanol–water partition coefficient (Wildman–Crippen LogP) is 3.31. The minimum absolute atomic E-state index is 0.000387. The summed E-state index contributed by atoms with van der Waals surface area (Å²) in [5.41, 5.74) is 0.638. The maximum absolute atomic E-state index is 12.7. The van der Waals surface area contributed by atoms with Gasteiger partial charge in [0.05, 0.1) is 24.0 Å². The largest absolute Gasteiger partial charge is 0.493 e. The van der Waals surface area contributed by atoms with Gasteiger partial charge in [-0.25, -0.2) is 16.8 Å². The fourth-order valence-corrected chi connectivity index (χ4v) is 4.75. The minimum atomic E-state index is -3.92. The van der Waals surface area contributed by atoms with E-state index in [1.165, 1.54) is 56.7 Å². The molecule has 0 fully saturated rings. The van der Waals surface area contributed by atoms with Gasteiger partial charge in [0.25, 0.3) is 20.0 Å². The van der Waals surface area contributed by atoms with E-state index in [2.05, 4.69) is 9.44 Å². The lowest BCUT2D eigenvalue weighted by Gasteiger charge is -2.12. The number of methoxy groups -OCH3 is 2. The maximum atomic E-state index is 12.7. The van der Waals surface area contributed by atoms with Crippen LogP contribution < -0.4 is 18.9 Å². The van der Waals surface area contributed by atoms with Crippen LogP contribution in [0.15, 0.2) is 82.6 Å². The summed E-state index contributed by atoms with van der Waals surface area (Å²) >= 11 is 0.